The molecule has 0 radical (unpaired) electrons. The number of rotatable bonds is 0. The molecule has 2 heterocycles. The first kappa shape index (κ1) is 13.4. The summed E-state index contributed by atoms with van der Waals surface area (Å²) >= 11 is 0. The number of hydrogen-bond acceptors (Lipinski definition) is 0. The van der Waals surface area contributed by atoms with Gasteiger partial charge < -0.3 is 0 Å². The predicted molar refractivity (Wildman–Crippen MR) is 82.5 cm³/mol. The van der Waals surface area contributed by atoms with Gasteiger partial charge in [0.2, 0.25) is 0 Å². The van der Waals surface area contributed by atoms with Crippen molar-refractivity contribution in [3.8, 4) is 5.69 Å². The van der Waals surface area contributed by atoms with Gasteiger partial charge in [0.15, 0.2) is 13.2 Å². The number of aryl methyl sites for hydroxylation is 3. The summed E-state index contributed by atoms with van der Waals surface area (Å²) in [6, 6.07) is 6.70. The van der Waals surface area contributed by atoms with Crippen LogP contribution in [0.1, 0.15) is 50.1 Å². The van der Waals surface area contributed by atoms with Gasteiger partial charge in [-0.15, -0.1) is 9.36 Å². The minimum atomic E-state index is 0.0964. The van der Waals surface area contributed by atoms with E-state index in [1.807, 2.05) is 0 Å². The van der Waals surface area contributed by atoms with Gasteiger partial charge in [0.05, 0.1) is 5.69 Å². The molecule has 0 saturated heterocycles. The van der Waals surface area contributed by atoms with Crippen LogP contribution in [0.3, 0.4) is 0 Å². The third-order valence-electron chi connectivity index (χ3n) is 5.56. The fraction of sp³-hybridized carbons (Fsp3) is 0.500. The van der Waals surface area contributed by atoms with Gasteiger partial charge in [-0.2, -0.15) is 0 Å². The summed E-state index contributed by atoms with van der Waals surface area (Å²) < 4.78 is 4.64. The molecule has 1 aliphatic heterocycles. The van der Waals surface area contributed by atoms with Gasteiger partial charge in [-0.1, -0.05) is 45.9 Å². The number of hydrogen-bond donors (Lipinski definition) is 0. The maximum absolute atomic E-state index is 2.41. The number of fused-ring (bicyclic) bond motifs is 3. The lowest BCUT2D eigenvalue weighted by Crippen LogP contribution is -2.51. The average Bonchev–Trinajstić information content (AvgIpc) is 2.63. The second-order valence-electron chi connectivity index (χ2n) is 7.27. The first-order chi connectivity index (χ1) is 9.19. The van der Waals surface area contributed by atoms with E-state index in [-0.39, 0.29) is 10.8 Å². The topological polar surface area (TPSA) is 8.81 Å². The smallest absolute Gasteiger partial charge is 0.124 e. The Bertz CT molecular complexity index is 702. The minimum absolute atomic E-state index is 0.0964. The molecule has 106 valence electrons. The molecule has 20 heavy (non-hydrogen) atoms. The summed E-state index contributed by atoms with van der Waals surface area (Å²) in [7, 11) is 2.14. The van der Waals surface area contributed by atoms with Gasteiger partial charge in [0.25, 0.3) is 0 Å². The highest BCUT2D eigenvalue weighted by Gasteiger charge is 2.50. The quantitative estimate of drug-likeness (QED) is 0.647. The van der Waals surface area contributed by atoms with Gasteiger partial charge in [-0.25, -0.2) is 0 Å². The second kappa shape index (κ2) is 3.75. The molecule has 3 rings (SSSR count). The molecule has 1 aliphatic rings. The van der Waals surface area contributed by atoms with E-state index < -0.39 is 0 Å². The molecule has 0 aliphatic carbocycles. The molecular weight excluding hydrogens is 244 g/mol. The zero-order valence-corrected chi connectivity index (χ0v) is 13.7. The lowest BCUT2D eigenvalue weighted by Gasteiger charge is -2.46. The molecule has 0 N–H and O–H groups in total. The normalized spacial score (nSPS) is 18.6. The van der Waals surface area contributed by atoms with Crippen LogP contribution in [0.4, 0.5) is 0 Å². The highest BCUT2D eigenvalue weighted by atomic mass is 15.4. The largest absolute Gasteiger partial charge is 0.199 e. The monoisotopic (exact) mass is 269 g/mol. The SMILES string of the molecule is Cc1cccc2c1-n1c(c(C)c[n+]1C)C(C)(C)C2(C)C. The molecule has 0 saturated carbocycles. The van der Waals surface area contributed by atoms with Crippen molar-refractivity contribution in [3.05, 3.63) is 46.8 Å². The van der Waals surface area contributed by atoms with Crippen LogP contribution in [0.2, 0.25) is 0 Å². The van der Waals surface area contributed by atoms with Crippen molar-refractivity contribution in [2.45, 2.75) is 52.4 Å². The van der Waals surface area contributed by atoms with Crippen molar-refractivity contribution in [3.63, 3.8) is 0 Å². The van der Waals surface area contributed by atoms with Crippen molar-refractivity contribution >= 4 is 0 Å². The van der Waals surface area contributed by atoms with Gasteiger partial charge in [0.1, 0.15) is 5.69 Å². The van der Waals surface area contributed by atoms with E-state index in [0.29, 0.717) is 0 Å². The van der Waals surface area contributed by atoms with E-state index in [4.69, 9.17) is 0 Å². The first-order valence-electron chi connectivity index (χ1n) is 7.39. The highest BCUT2D eigenvalue weighted by Crippen LogP contribution is 2.50. The maximum Gasteiger partial charge on any atom is 0.199 e. The average molecular weight is 269 g/mol. The summed E-state index contributed by atoms with van der Waals surface area (Å²) in [6.45, 7) is 13.9. The van der Waals surface area contributed by atoms with Crippen LogP contribution in [0.5, 0.6) is 0 Å². The van der Waals surface area contributed by atoms with Gasteiger partial charge in [0, 0.05) is 16.4 Å². The Labute approximate surface area is 122 Å². The Kier molecular flexibility index (Phi) is 2.51. The van der Waals surface area contributed by atoms with Gasteiger partial charge >= 0.3 is 0 Å². The molecule has 2 heteroatoms. The van der Waals surface area contributed by atoms with Crippen molar-refractivity contribution < 1.29 is 4.68 Å². The van der Waals surface area contributed by atoms with E-state index in [1.54, 1.807) is 0 Å². The van der Waals surface area contributed by atoms with Crippen LogP contribution >= 0.6 is 0 Å². The number of nitrogens with zero attached hydrogens (tertiary/aromatic N) is 2. The lowest BCUT2D eigenvalue weighted by atomic mass is 9.59. The summed E-state index contributed by atoms with van der Waals surface area (Å²) in [4.78, 5) is 0. The zero-order valence-electron chi connectivity index (χ0n) is 13.7. The highest BCUT2D eigenvalue weighted by molar-refractivity contribution is 5.57. The Hall–Kier alpha value is -1.57. The molecular formula is C18H25N2+. The molecule has 2 nitrogen and oxygen atoms in total. The Balaban J connectivity index is 2.53. The van der Waals surface area contributed by atoms with E-state index in [1.165, 1.54) is 28.1 Å². The van der Waals surface area contributed by atoms with Gasteiger partial charge in [-0.05, 0) is 25.0 Å². The molecule has 0 unspecified atom stereocenters. The fourth-order valence-electron chi connectivity index (χ4n) is 3.83. The van der Waals surface area contributed by atoms with Crippen molar-refractivity contribution in [1.82, 2.24) is 4.68 Å². The molecule has 1 aromatic carbocycles. The molecule has 0 bridgehead atoms. The Morgan fingerprint density at radius 1 is 0.950 bits per heavy atom. The second-order valence-corrected chi connectivity index (χ2v) is 7.27. The summed E-state index contributed by atoms with van der Waals surface area (Å²) in [5.74, 6) is 0. The van der Waals surface area contributed by atoms with Crippen LogP contribution in [-0.4, -0.2) is 4.68 Å². The van der Waals surface area contributed by atoms with Crippen LogP contribution in [0.25, 0.3) is 5.69 Å². The predicted octanol–water partition coefficient (Wildman–Crippen LogP) is 3.49. The minimum Gasteiger partial charge on any atom is -0.124 e. The number of para-hydroxylation sites is 1. The number of benzene rings is 1. The van der Waals surface area contributed by atoms with E-state index in [9.17, 15) is 0 Å². The first-order valence-corrected chi connectivity index (χ1v) is 7.39. The molecule has 0 atom stereocenters. The van der Waals surface area contributed by atoms with Crippen LogP contribution in [-0.2, 0) is 17.9 Å². The lowest BCUT2D eigenvalue weighted by molar-refractivity contribution is -0.745. The number of aromatic nitrogens is 2. The molecule has 0 amide bonds. The fourth-order valence-corrected chi connectivity index (χ4v) is 3.83. The zero-order chi connectivity index (χ0) is 14.9. The van der Waals surface area contributed by atoms with Crippen molar-refractivity contribution in [2.75, 3.05) is 0 Å². The summed E-state index contributed by atoms with van der Waals surface area (Å²) in [5, 5.41) is 0. The Morgan fingerprint density at radius 2 is 1.60 bits per heavy atom. The molecule has 0 spiro atoms. The summed E-state index contributed by atoms with van der Waals surface area (Å²) in [5.41, 5.74) is 7.17. The third-order valence-corrected chi connectivity index (χ3v) is 5.56. The van der Waals surface area contributed by atoms with E-state index in [0.717, 1.165) is 0 Å². The standard InChI is InChI=1S/C18H25N2/c1-12-9-8-10-14-15(12)20-16(13(2)11-19(20)7)18(5,6)17(14,3)4/h8-11H,1-7H3/q+1. The Morgan fingerprint density at radius 3 is 2.25 bits per heavy atom. The van der Waals surface area contributed by atoms with Crippen molar-refractivity contribution in [1.29, 1.82) is 0 Å². The van der Waals surface area contributed by atoms with Gasteiger partial charge in [-0.3, -0.25) is 0 Å². The molecule has 1 aromatic heterocycles. The van der Waals surface area contributed by atoms with Crippen molar-refractivity contribution in [2.24, 2.45) is 7.05 Å². The van der Waals surface area contributed by atoms with E-state index >= 15 is 0 Å². The van der Waals surface area contributed by atoms with E-state index in [2.05, 4.69) is 82.3 Å². The molecule has 2 aromatic rings. The van der Waals surface area contributed by atoms with Crippen LogP contribution < -0.4 is 4.68 Å². The molecule has 0 fully saturated rings. The summed E-state index contributed by atoms with van der Waals surface area (Å²) in [6.07, 6.45) is 2.24. The van der Waals surface area contributed by atoms with Crippen LogP contribution in [0, 0.1) is 13.8 Å². The maximum atomic E-state index is 2.41. The third kappa shape index (κ3) is 1.37. The van der Waals surface area contributed by atoms with Crippen LogP contribution in [0.15, 0.2) is 24.4 Å².